The Labute approximate surface area is 124 Å². The van der Waals surface area contributed by atoms with Crippen LogP contribution in [0.15, 0.2) is 24.3 Å². The molecule has 0 fully saturated rings. The summed E-state index contributed by atoms with van der Waals surface area (Å²) < 4.78 is 0. The molecule has 0 aliphatic rings. The molecule has 0 spiro atoms. The smallest absolute Gasteiger partial charge is 0.0471 e. The highest BCUT2D eigenvalue weighted by Gasteiger charge is 2.07. The summed E-state index contributed by atoms with van der Waals surface area (Å²) in [4.78, 5) is 0. The van der Waals surface area contributed by atoms with Gasteiger partial charge >= 0.3 is 0 Å². The Bertz CT molecular complexity index is 351. The summed E-state index contributed by atoms with van der Waals surface area (Å²) in [7, 11) is 0. The lowest BCUT2D eigenvalue weighted by atomic mass is 9.96. The molecule has 0 heterocycles. The standard InChI is InChI=1S/C18H31NO/c1-2-3-4-5-6-7-12-18(19)15-17-11-9-8-10-16(17)13-14-20/h8-11,18,20H,2-7,12-15,19H2,1H3/t18-/m0/s1. The number of rotatable bonds is 11. The second-order valence-corrected chi connectivity index (χ2v) is 5.76. The topological polar surface area (TPSA) is 46.2 Å². The van der Waals surface area contributed by atoms with Crippen LogP contribution >= 0.6 is 0 Å². The predicted molar refractivity (Wildman–Crippen MR) is 86.9 cm³/mol. The molecule has 1 aromatic carbocycles. The Morgan fingerprint density at radius 3 is 2.35 bits per heavy atom. The normalized spacial score (nSPS) is 12.6. The van der Waals surface area contributed by atoms with Gasteiger partial charge in [-0.05, 0) is 30.4 Å². The van der Waals surface area contributed by atoms with E-state index in [4.69, 9.17) is 10.8 Å². The molecule has 2 heteroatoms. The minimum absolute atomic E-state index is 0.212. The van der Waals surface area contributed by atoms with Gasteiger partial charge in [-0.15, -0.1) is 0 Å². The number of nitrogens with two attached hydrogens (primary N) is 1. The zero-order valence-corrected chi connectivity index (χ0v) is 13.0. The van der Waals surface area contributed by atoms with Crippen LogP contribution in [-0.4, -0.2) is 17.8 Å². The molecule has 0 bridgehead atoms. The quantitative estimate of drug-likeness (QED) is 0.604. The first-order chi connectivity index (χ1) is 9.77. The first-order valence-electron chi connectivity index (χ1n) is 8.21. The fourth-order valence-electron chi connectivity index (χ4n) is 2.69. The molecule has 1 atom stereocenters. The molecule has 0 saturated heterocycles. The highest BCUT2D eigenvalue weighted by Crippen LogP contribution is 2.14. The molecule has 0 aromatic heterocycles. The lowest BCUT2D eigenvalue weighted by Crippen LogP contribution is -2.23. The Morgan fingerprint density at radius 2 is 1.65 bits per heavy atom. The van der Waals surface area contributed by atoms with Crippen molar-refractivity contribution in [3.05, 3.63) is 35.4 Å². The number of hydrogen-bond acceptors (Lipinski definition) is 2. The van der Waals surface area contributed by atoms with Crippen molar-refractivity contribution in [1.82, 2.24) is 0 Å². The highest BCUT2D eigenvalue weighted by molar-refractivity contribution is 5.28. The van der Waals surface area contributed by atoms with E-state index < -0.39 is 0 Å². The molecular formula is C18H31NO. The summed E-state index contributed by atoms with van der Waals surface area (Å²) in [5, 5.41) is 9.09. The van der Waals surface area contributed by atoms with E-state index in [1.54, 1.807) is 0 Å². The molecule has 114 valence electrons. The molecule has 2 nitrogen and oxygen atoms in total. The number of aliphatic hydroxyl groups excluding tert-OH is 1. The minimum Gasteiger partial charge on any atom is -0.396 e. The monoisotopic (exact) mass is 277 g/mol. The highest BCUT2D eigenvalue weighted by atomic mass is 16.2. The van der Waals surface area contributed by atoms with Crippen LogP contribution in [0.5, 0.6) is 0 Å². The first kappa shape index (κ1) is 17.2. The Kier molecular flexibility index (Phi) is 9.35. The summed E-state index contributed by atoms with van der Waals surface area (Å²) in [5.41, 5.74) is 8.80. The van der Waals surface area contributed by atoms with Gasteiger partial charge in [0.2, 0.25) is 0 Å². The average Bonchev–Trinajstić information content (AvgIpc) is 2.45. The molecule has 0 amide bonds. The van der Waals surface area contributed by atoms with Crippen LogP contribution in [0.2, 0.25) is 0 Å². The van der Waals surface area contributed by atoms with Gasteiger partial charge in [-0.2, -0.15) is 0 Å². The lowest BCUT2D eigenvalue weighted by molar-refractivity contribution is 0.299. The predicted octanol–water partition coefficient (Wildman–Crippen LogP) is 3.84. The van der Waals surface area contributed by atoms with Crippen molar-refractivity contribution in [2.24, 2.45) is 5.73 Å². The molecule has 20 heavy (non-hydrogen) atoms. The van der Waals surface area contributed by atoms with Crippen LogP contribution in [0.1, 0.15) is 63.0 Å². The molecule has 0 radical (unpaired) electrons. The van der Waals surface area contributed by atoms with Gasteiger partial charge in [0.25, 0.3) is 0 Å². The molecular weight excluding hydrogens is 246 g/mol. The third-order valence-corrected chi connectivity index (χ3v) is 3.91. The second kappa shape index (κ2) is 10.9. The van der Waals surface area contributed by atoms with Crippen molar-refractivity contribution in [3.8, 4) is 0 Å². The van der Waals surface area contributed by atoms with Gasteiger partial charge in [-0.25, -0.2) is 0 Å². The molecule has 1 aromatic rings. The van der Waals surface area contributed by atoms with Gasteiger partial charge in [0.05, 0.1) is 0 Å². The van der Waals surface area contributed by atoms with Crippen LogP contribution in [0, 0.1) is 0 Å². The molecule has 0 saturated carbocycles. The number of aliphatic hydroxyl groups is 1. The van der Waals surface area contributed by atoms with Crippen LogP contribution in [0.4, 0.5) is 0 Å². The van der Waals surface area contributed by atoms with E-state index in [1.165, 1.54) is 49.7 Å². The summed E-state index contributed by atoms with van der Waals surface area (Å²) in [6.45, 7) is 2.46. The van der Waals surface area contributed by atoms with Crippen LogP contribution < -0.4 is 5.73 Å². The summed E-state index contributed by atoms with van der Waals surface area (Å²) >= 11 is 0. The fourth-order valence-corrected chi connectivity index (χ4v) is 2.69. The van der Waals surface area contributed by atoms with Gasteiger partial charge in [-0.1, -0.05) is 69.7 Å². The van der Waals surface area contributed by atoms with E-state index in [2.05, 4.69) is 25.1 Å². The molecule has 1 rings (SSSR count). The van der Waals surface area contributed by atoms with E-state index in [1.807, 2.05) is 6.07 Å². The largest absolute Gasteiger partial charge is 0.396 e. The van der Waals surface area contributed by atoms with Gasteiger partial charge in [-0.3, -0.25) is 0 Å². The Balaban J connectivity index is 2.26. The van der Waals surface area contributed by atoms with E-state index in [-0.39, 0.29) is 12.6 Å². The van der Waals surface area contributed by atoms with Crippen molar-refractivity contribution in [2.45, 2.75) is 70.8 Å². The van der Waals surface area contributed by atoms with Crippen molar-refractivity contribution < 1.29 is 5.11 Å². The van der Waals surface area contributed by atoms with Crippen LogP contribution in [0.25, 0.3) is 0 Å². The number of hydrogen-bond donors (Lipinski definition) is 2. The Morgan fingerprint density at radius 1 is 1.00 bits per heavy atom. The average molecular weight is 277 g/mol. The fraction of sp³-hybridized carbons (Fsp3) is 0.667. The Hall–Kier alpha value is -0.860. The molecule has 0 aliphatic heterocycles. The molecule has 0 unspecified atom stereocenters. The lowest BCUT2D eigenvalue weighted by Gasteiger charge is -2.14. The van der Waals surface area contributed by atoms with E-state index in [0.29, 0.717) is 0 Å². The van der Waals surface area contributed by atoms with Crippen molar-refractivity contribution >= 4 is 0 Å². The van der Waals surface area contributed by atoms with E-state index in [9.17, 15) is 0 Å². The maximum atomic E-state index is 9.09. The van der Waals surface area contributed by atoms with Crippen molar-refractivity contribution in [3.63, 3.8) is 0 Å². The van der Waals surface area contributed by atoms with Gasteiger partial charge in [0.1, 0.15) is 0 Å². The SMILES string of the molecule is CCCCCCCC[C@H](N)Cc1ccccc1CCO. The third-order valence-electron chi connectivity index (χ3n) is 3.91. The second-order valence-electron chi connectivity index (χ2n) is 5.76. The molecule has 3 N–H and O–H groups in total. The van der Waals surface area contributed by atoms with Crippen molar-refractivity contribution in [2.75, 3.05) is 6.61 Å². The number of unbranched alkanes of at least 4 members (excludes halogenated alkanes) is 5. The summed E-state index contributed by atoms with van der Waals surface area (Å²) in [6.07, 6.45) is 10.7. The third kappa shape index (κ3) is 7.06. The van der Waals surface area contributed by atoms with Crippen LogP contribution in [0.3, 0.4) is 0 Å². The number of benzene rings is 1. The van der Waals surface area contributed by atoms with E-state index >= 15 is 0 Å². The molecule has 0 aliphatic carbocycles. The first-order valence-corrected chi connectivity index (χ1v) is 8.21. The zero-order chi connectivity index (χ0) is 14.6. The summed E-state index contributed by atoms with van der Waals surface area (Å²) in [5.74, 6) is 0. The van der Waals surface area contributed by atoms with Gasteiger partial charge < -0.3 is 10.8 Å². The van der Waals surface area contributed by atoms with E-state index in [0.717, 1.165) is 19.3 Å². The van der Waals surface area contributed by atoms with Gasteiger partial charge in [0, 0.05) is 12.6 Å². The van der Waals surface area contributed by atoms with Crippen LogP contribution in [-0.2, 0) is 12.8 Å². The minimum atomic E-state index is 0.212. The maximum absolute atomic E-state index is 9.09. The maximum Gasteiger partial charge on any atom is 0.0471 e. The summed E-state index contributed by atoms with van der Waals surface area (Å²) in [6, 6.07) is 8.59. The van der Waals surface area contributed by atoms with Crippen molar-refractivity contribution in [1.29, 1.82) is 0 Å². The van der Waals surface area contributed by atoms with Gasteiger partial charge in [0.15, 0.2) is 0 Å². The zero-order valence-electron chi connectivity index (χ0n) is 13.0.